The molecule has 0 spiro atoms. The maximum Gasteiger partial charge on any atom is 0.303 e. The number of carboxylic acids is 2. The zero-order valence-electron chi connectivity index (χ0n) is 15.3. The van der Waals surface area contributed by atoms with Crippen LogP contribution in [0.15, 0.2) is 0 Å². The summed E-state index contributed by atoms with van der Waals surface area (Å²) in [5, 5.41) is 15.9. The van der Waals surface area contributed by atoms with Crippen molar-refractivity contribution in [3.8, 4) is 0 Å². The van der Waals surface area contributed by atoms with E-state index in [9.17, 15) is 4.79 Å². The van der Waals surface area contributed by atoms with Crippen LogP contribution in [-0.4, -0.2) is 22.2 Å². The monoisotopic (exact) mass is 330 g/mol. The fourth-order valence-electron chi connectivity index (χ4n) is 2.47. The van der Waals surface area contributed by atoms with Crippen molar-refractivity contribution in [2.24, 2.45) is 0 Å². The van der Waals surface area contributed by atoms with Gasteiger partial charge in [0.25, 0.3) is 5.97 Å². The van der Waals surface area contributed by atoms with Gasteiger partial charge >= 0.3 is 5.97 Å². The van der Waals surface area contributed by atoms with Gasteiger partial charge < -0.3 is 10.2 Å². The van der Waals surface area contributed by atoms with Crippen molar-refractivity contribution in [1.82, 2.24) is 0 Å². The van der Waals surface area contributed by atoms with Crippen LogP contribution in [0.2, 0.25) is 0 Å². The van der Waals surface area contributed by atoms with Crippen molar-refractivity contribution in [1.29, 1.82) is 0 Å². The molecule has 0 aromatic rings. The lowest BCUT2D eigenvalue weighted by Gasteiger charge is -2.02. The second kappa shape index (κ2) is 20.9. The molecule has 4 nitrogen and oxygen atoms in total. The molecule has 0 fully saturated rings. The summed E-state index contributed by atoms with van der Waals surface area (Å²) in [5.41, 5.74) is 0. The van der Waals surface area contributed by atoms with Crippen LogP contribution in [0.25, 0.3) is 0 Å². The first-order valence-electron chi connectivity index (χ1n) is 9.42. The summed E-state index contributed by atoms with van der Waals surface area (Å²) in [5.74, 6) is -1.49. The zero-order valence-corrected chi connectivity index (χ0v) is 15.3. The molecular formula is C19H38O4. The molecule has 2 N–H and O–H groups in total. The Kier molecular flexibility index (Phi) is 22.0. The van der Waals surface area contributed by atoms with Crippen LogP contribution in [0.1, 0.15) is 110 Å². The third-order valence-corrected chi connectivity index (χ3v) is 3.74. The summed E-state index contributed by atoms with van der Waals surface area (Å²) in [4.78, 5) is 19.3. The Hall–Kier alpha value is -1.06. The SMILES string of the molecule is CC(=O)O.CCCCCCCCCCCCCCCCC(=O)O. The molecule has 0 aliphatic rings. The highest BCUT2D eigenvalue weighted by atomic mass is 16.4. The van der Waals surface area contributed by atoms with Gasteiger partial charge in [-0.25, -0.2) is 0 Å². The average Bonchev–Trinajstić information content (AvgIpc) is 2.47. The van der Waals surface area contributed by atoms with E-state index in [1.54, 1.807) is 0 Å². The predicted molar refractivity (Wildman–Crippen MR) is 95.9 cm³/mol. The van der Waals surface area contributed by atoms with Crippen molar-refractivity contribution in [3.05, 3.63) is 0 Å². The third kappa shape index (κ3) is 33.7. The molecule has 0 saturated heterocycles. The minimum Gasteiger partial charge on any atom is -0.481 e. The van der Waals surface area contributed by atoms with Gasteiger partial charge in [0.15, 0.2) is 0 Å². The van der Waals surface area contributed by atoms with Gasteiger partial charge in [-0.3, -0.25) is 9.59 Å². The van der Waals surface area contributed by atoms with E-state index in [1.807, 2.05) is 0 Å². The van der Waals surface area contributed by atoms with Crippen molar-refractivity contribution < 1.29 is 19.8 Å². The minimum atomic E-state index is -0.833. The highest BCUT2D eigenvalue weighted by Gasteiger charge is 1.96. The van der Waals surface area contributed by atoms with Crippen LogP contribution in [-0.2, 0) is 9.59 Å². The van der Waals surface area contributed by atoms with Crippen LogP contribution >= 0.6 is 0 Å². The molecule has 0 heterocycles. The summed E-state index contributed by atoms with van der Waals surface area (Å²) < 4.78 is 0. The van der Waals surface area contributed by atoms with Crippen LogP contribution in [0, 0.1) is 0 Å². The summed E-state index contributed by atoms with van der Waals surface area (Å²) in [6.07, 6.45) is 18.7. The van der Waals surface area contributed by atoms with Gasteiger partial charge in [0.1, 0.15) is 0 Å². The molecule has 0 bridgehead atoms. The van der Waals surface area contributed by atoms with E-state index < -0.39 is 11.9 Å². The molecule has 0 atom stereocenters. The Labute approximate surface area is 142 Å². The summed E-state index contributed by atoms with van der Waals surface area (Å²) in [6, 6.07) is 0. The third-order valence-electron chi connectivity index (χ3n) is 3.74. The Morgan fingerprint density at radius 2 is 0.870 bits per heavy atom. The molecule has 0 aliphatic heterocycles. The molecule has 0 unspecified atom stereocenters. The maximum absolute atomic E-state index is 10.3. The fourth-order valence-corrected chi connectivity index (χ4v) is 2.47. The Balaban J connectivity index is 0. The van der Waals surface area contributed by atoms with Crippen molar-refractivity contribution in [2.45, 2.75) is 110 Å². The van der Waals surface area contributed by atoms with Gasteiger partial charge in [-0.05, 0) is 6.42 Å². The Morgan fingerprint density at radius 1 is 0.609 bits per heavy atom. The molecule has 138 valence electrons. The Bertz CT molecular complexity index is 260. The van der Waals surface area contributed by atoms with Crippen LogP contribution in [0.5, 0.6) is 0 Å². The summed E-state index contributed by atoms with van der Waals surface area (Å²) in [7, 11) is 0. The highest BCUT2D eigenvalue weighted by Crippen LogP contribution is 2.13. The lowest BCUT2D eigenvalue weighted by atomic mass is 10.0. The Morgan fingerprint density at radius 3 is 1.13 bits per heavy atom. The van der Waals surface area contributed by atoms with E-state index in [1.165, 1.54) is 77.0 Å². The van der Waals surface area contributed by atoms with E-state index >= 15 is 0 Å². The topological polar surface area (TPSA) is 74.6 Å². The van der Waals surface area contributed by atoms with Gasteiger partial charge in [0, 0.05) is 13.3 Å². The van der Waals surface area contributed by atoms with Gasteiger partial charge in [-0.15, -0.1) is 0 Å². The summed E-state index contributed by atoms with van der Waals surface area (Å²) >= 11 is 0. The normalized spacial score (nSPS) is 10.0. The lowest BCUT2D eigenvalue weighted by Crippen LogP contribution is -1.93. The molecule has 23 heavy (non-hydrogen) atoms. The van der Waals surface area contributed by atoms with Gasteiger partial charge in [0.2, 0.25) is 0 Å². The second-order valence-electron chi connectivity index (χ2n) is 6.26. The molecule has 0 aliphatic carbocycles. The number of unbranched alkanes of at least 4 members (excludes halogenated alkanes) is 13. The van der Waals surface area contributed by atoms with Crippen molar-refractivity contribution >= 4 is 11.9 Å². The quantitative estimate of drug-likeness (QED) is 0.359. The van der Waals surface area contributed by atoms with E-state index in [-0.39, 0.29) is 0 Å². The number of rotatable bonds is 15. The average molecular weight is 331 g/mol. The first-order chi connectivity index (χ1) is 11.0. The highest BCUT2D eigenvalue weighted by molar-refractivity contribution is 5.66. The molecule has 0 aromatic carbocycles. The molecule has 0 saturated carbocycles. The number of hydrogen-bond acceptors (Lipinski definition) is 2. The van der Waals surface area contributed by atoms with Gasteiger partial charge in [0.05, 0.1) is 0 Å². The maximum atomic E-state index is 10.3. The van der Waals surface area contributed by atoms with E-state index in [4.69, 9.17) is 15.0 Å². The largest absolute Gasteiger partial charge is 0.481 e. The molecule has 0 rings (SSSR count). The van der Waals surface area contributed by atoms with Crippen molar-refractivity contribution in [3.63, 3.8) is 0 Å². The van der Waals surface area contributed by atoms with E-state index in [2.05, 4.69) is 6.92 Å². The first-order valence-corrected chi connectivity index (χ1v) is 9.42. The van der Waals surface area contributed by atoms with Gasteiger partial charge in [-0.1, -0.05) is 90.4 Å². The van der Waals surface area contributed by atoms with Gasteiger partial charge in [-0.2, -0.15) is 0 Å². The summed E-state index contributed by atoms with van der Waals surface area (Å²) in [6.45, 7) is 3.35. The van der Waals surface area contributed by atoms with E-state index in [0.29, 0.717) is 6.42 Å². The second-order valence-corrected chi connectivity index (χ2v) is 6.26. The standard InChI is InChI=1S/C17H34O2.C2H4O2/c1-2-3-4-5-6-7-8-9-10-11-12-13-14-15-16-17(18)19;1-2(3)4/h2-16H2,1H3,(H,18,19);1H3,(H,3,4). The smallest absolute Gasteiger partial charge is 0.303 e. The van der Waals surface area contributed by atoms with Crippen LogP contribution in [0.4, 0.5) is 0 Å². The fraction of sp³-hybridized carbons (Fsp3) is 0.895. The first kappa shape index (κ1) is 24.2. The van der Waals surface area contributed by atoms with Crippen LogP contribution in [0.3, 0.4) is 0 Å². The molecule has 0 amide bonds. The van der Waals surface area contributed by atoms with Crippen LogP contribution < -0.4 is 0 Å². The molecule has 0 aromatic heterocycles. The zero-order chi connectivity index (χ0) is 17.8. The number of carbonyl (C=O) groups is 2. The number of aliphatic carboxylic acids is 2. The molecule has 4 heteroatoms. The predicted octanol–water partition coefficient (Wildman–Crippen LogP) is 6.03. The molecular weight excluding hydrogens is 292 g/mol. The number of carboxylic acid groups (broad SMARTS) is 2. The van der Waals surface area contributed by atoms with Crippen molar-refractivity contribution in [2.75, 3.05) is 0 Å². The minimum absolute atomic E-state index is 0.345. The van der Waals surface area contributed by atoms with E-state index in [0.717, 1.165) is 19.8 Å². The number of hydrogen-bond donors (Lipinski definition) is 2. The lowest BCUT2D eigenvalue weighted by molar-refractivity contribution is -0.137. The molecule has 0 radical (unpaired) electrons.